The molecule has 2 aliphatic rings. The quantitative estimate of drug-likeness (QED) is 0.894. The van der Waals surface area contributed by atoms with E-state index < -0.39 is 11.5 Å². The summed E-state index contributed by atoms with van der Waals surface area (Å²) in [7, 11) is 0. The highest BCUT2D eigenvalue weighted by atomic mass is 79.9. The van der Waals surface area contributed by atoms with E-state index in [9.17, 15) is 9.90 Å². The summed E-state index contributed by atoms with van der Waals surface area (Å²) in [6, 6.07) is 8.03. The number of hydrogen-bond acceptors (Lipinski definition) is 2. The molecule has 1 aromatic rings. The van der Waals surface area contributed by atoms with Gasteiger partial charge in [0, 0.05) is 11.0 Å². The summed E-state index contributed by atoms with van der Waals surface area (Å²) in [6.45, 7) is 0.620. The van der Waals surface area contributed by atoms with Crippen molar-refractivity contribution >= 4 is 21.9 Å². The molecule has 4 heteroatoms. The van der Waals surface area contributed by atoms with E-state index in [1.54, 1.807) is 0 Å². The highest BCUT2D eigenvalue weighted by Gasteiger charge is 2.55. The number of carboxylic acid groups (broad SMARTS) is 1. The van der Waals surface area contributed by atoms with Gasteiger partial charge in [0.1, 0.15) is 5.54 Å². The number of benzene rings is 1. The lowest BCUT2D eigenvalue weighted by atomic mass is 9.80. The lowest BCUT2D eigenvalue weighted by molar-refractivity contribution is -0.147. The number of fused-ring (bicyclic) bond motifs is 2. The second-order valence-corrected chi connectivity index (χ2v) is 6.76. The molecule has 2 fully saturated rings. The van der Waals surface area contributed by atoms with Crippen LogP contribution in [0.5, 0.6) is 0 Å². The molecule has 2 bridgehead atoms. The Morgan fingerprint density at radius 2 is 2.32 bits per heavy atom. The summed E-state index contributed by atoms with van der Waals surface area (Å²) in [4.78, 5) is 11.7. The molecule has 3 nitrogen and oxygen atoms in total. The number of hydrogen-bond donors (Lipinski definition) is 2. The molecule has 0 saturated heterocycles. The number of carbonyl (C=O) groups is 1. The zero-order valence-electron chi connectivity index (χ0n) is 10.7. The zero-order chi connectivity index (χ0) is 13.5. The van der Waals surface area contributed by atoms with E-state index in [2.05, 4.69) is 21.2 Å². The summed E-state index contributed by atoms with van der Waals surface area (Å²) < 4.78 is 1.03. The largest absolute Gasteiger partial charge is 0.480 e. The molecule has 2 saturated carbocycles. The number of halogens is 1. The number of aliphatic carboxylic acids is 1. The Morgan fingerprint density at radius 3 is 2.89 bits per heavy atom. The second kappa shape index (κ2) is 4.91. The van der Waals surface area contributed by atoms with Gasteiger partial charge in [-0.05, 0) is 48.8 Å². The minimum absolute atomic E-state index is 0.308. The fourth-order valence-corrected chi connectivity index (χ4v) is 4.24. The van der Waals surface area contributed by atoms with Crippen LogP contribution in [0.4, 0.5) is 0 Å². The summed E-state index contributed by atoms with van der Waals surface area (Å²) in [6.07, 6.45) is 4.14. The second-order valence-electron chi connectivity index (χ2n) is 5.84. The molecule has 2 aliphatic carbocycles. The van der Waals surface area contributed by atoms with Crippen molar-refractivity contribution in [3.63, 3.8) is 0 Å². The molecular weight excluding hydrogens is 306 g/mol. The van der Waals surface area contributed by atoms with E-state index in [1.165, 1.54) is 6.42 Å². The molecule has 1 aromatic carbocycles. The Kier molecular flexibility index (Phi) is 3.39. The fraction of sp³-hybridized carbons (Fsp3) is 0.533. The van der Waals surface area contributed by atoms with Gasteiger partial charge in [-0.15, -0.1) is 0 Å². The van der Waals surface area contributed by atoms with E-state index in [1.807, 2.05) is 24.3 Å². The summed E-state index contributed by atoms with van der Waals surface area (Å²) in [5.41, 5.74) is 0.434. The van der Waals surface area contributed by atoms with Crippen molar-refractivity contribution in [1.82, 2.24) is 5.32 Å². The van der Waals surface area contributed by atoms with E-state index in [-0.39, 0.29) is 0 Å². The maximum absolute atomic E-state index is 11.7. The number of carboxylic acids is 1. The first-order chi connectivity index (χ1) is 9.10. The van der Waals surface area contributed by atoms with Gasteiger partial charge in [0.25, 0.3) is 0 Å². The Morgan fingerprint density at radius 1 is 1.47 bits per heavy atom. The third-order valence-electron chi connectivity index (χ3n) is 4.73. The van der Waals surface area contributed by atoms with Crippen LogP contribution in [-0.4, -0.2) is 16.6 Å². The Balaban J connectivity index is 1.75. The topological polar surface area (TPSA) is 49.3 Å². The summed E-state index contributed by atoms with van der Waals surface area (Å²) in [5.74, 6) is 0.243. The first-order valence-electron chi connectivity index (χ1n) is 6.83. The van der Waals surface area contributed by atoms with E-state index in [4.69, 9.17) is 0 Å². The number of nitrogens with one attached hydrogen (secondary N) is 1. The van der Waals surface area contributed by atoms with Gasteiger partial charge in [-0.25, -0.2) is 0 Å². The van der Waals surface area contributed by atoms with Crippen molar-refractivity contribution < 1.29 is 9.90 Å². The van der Waals surface area contributed by atoms with Crippen molar-refractivity contribution in [3.05, 3.63) is 34.3 Å². The van der Waals surface area contributed by atoms with Gasteiger partial charge in [0.05, 0.1) is 0 Å². The minimum Gasteiger partial charge on any atom is -0.480 e. The van der Waals surface area contributed by atoms with Crippen molar-refractivity contribution in [2.24, 2.45) is 11.8 Å². The minimum atomic E-state index is -0.689. The zero-order valence-corrected chi connectivity index (χ0v) is 12.3. The molecule has 19 heavy (non-hydrogen) atoms. The predicted octanol–water partition coefficient (Wildman–Crippen LogP) is 3.18. The molecule has 0 heterocycles. The SMILES string of the molecule is O=C(O)C1(NCc2cccc(Br)c2)CC2CCC1C2. The highest BCUT2D eigenvalue weighted by molar-refractivity contribution is 9.10. The van der Waals surface area contributed by atoms with Gasteiger partial charge < -0.3 is 5.11 Å². The standard InChI is InChI=1S/C15H18BrNO2/c16-13-3-1-2-11(7-13)9-17-15(14(18)19)8-10-4-5-12(15)6-10/h1-3,7,10,12,17H,4-6,8-9H2,(H,18,19). The molecule has 0 aliphatic heterocycles. The molecule has 2 N–H and O–H groups in total. The molecule has 0 aromatic heterocycles. The van der Waals surface area contributed by atoms with Crippen molar-refractivity contribution in [3.8, 4) is 0 Å². The lowest BCUT2D eigenvalue weighted by Crippen LogP contribution is -2.55. The first kappa shape index (κ1) is 13.1. The predicted molar refractivity (Wildman–Crippen MR) is 76.8 cm³/mol. The smallest absolute Gasteiger partial charge is 0.324 e. The lowest BCUT2D eigenvalue weighted by Gasteiger charge is -2.34. The average molecular weight is 324 g/mol. The van der Waals surface area contributed by atoms with E-state index in [0.717, 1.165) is 29.3 Å². The molecule has 3 atom stereocenters. The van der Waals surface area contributed by atoms with Gasteiger partial charge in [-0.3, -0.25) is 10.1 Å². The molecule has 0 amide bonds. The van der Waals surface area contributed by atoms with Crippen LogP contribution >= 0.6 is 15.9 Å². The normalized spacial score (nSPS) is 32.7. The third-order valence-corrected chi connectivity index (χ3v) is 5.22. The molecular formula is C15H18BrNO2. The van der Waals surface area contributed by atoms with Gasteiger partial charge in [0.2, 0.25) is 0 Å². The van der Waals surface area contributed by atoms with Crippen LogP contribution in [0.25, 0.3) is 0 Å². The fourth-order valence-electron chi connectivity index (χ4n) is 3.79. The van der Waals surface area contributed by atoms with Crippen LogP contribution < -0.4 is 5.32 Å². The maximum Gasteiger partial charge on any atom is 0.324 e. The van der Waals surface area contributed by atoms with Gasteiger partial charge in [0.15, 0.2) is 0 Å². The molecule has 3 unspecified atom stereocenters. The van der Waals surface area contributed by atoms with Crippen LogP contribution in [-0.2, 0) is 11.3 Å². The Hall–Kier alpha value is -0.870. The first-order valence-corrected chi connectivity index (χ1v) is 7.62. The van der Waals surface area contributed by atoms with Crippen LogP contribution in [0.1, 0.15) is 31.2 Å². The molecule has 3 rings (SSSR count). The number of rotatable bonds is 4. The molecule has 0 radical (unpaired) electrons. The van der Waals surface area contributed by atoms with Crippen LogP contribution in [0, 0.1) is 11.8 Å². The highest BCUT2D eigenvalue weighted by Crippen LogP contribution is 2.51. The van der Waals surface area contributed by atoms with Crippen LogP contribution in [0.15, 0.2) is 28.7 Å². The van der Waals surface area contributed by atoms with Crippen LogP contribution in [0.3, 0.4) is 0 Å². The van der Waals surface area contributed by atoms with E-state index in [0.29, 0.717) is 18.4 Å². The van der Waals surface area contributed by atoms with Crippen LogP contribution in [0.2, 0.25) is 0 Å². The monoisotopic (exact) mass is 323 g/mol. The van der Waals surface area contributed by atoms with Crippen molar-refractivity contribution in [2.45, 2.75) is 37.8 Å². The average Bonchev–Trinajstić information content (AvgIpc) is 2.97. The van der Waals surface area contributed by atoms with Gasteiger partial charge in [-0.2, -0.15) is 0 Å². The van der Waals surface area contributed by atoms with Gasteiger partial charge >= 0.3 is 5.97 Å². The van der Waals surface area contributed by atoms with Gasteiger partial charge in [-0.1, -0.05) is 34.5 Å². The molecule has 102 valence electrons. The Bertz CT molecular complexity index is 505. The molecule has 0 spiro atoms. The van der Waals surface area contributed by atoms with Crippen molar-refractivity contribution in [2.75, 3.05) is 0 Å². The third kappa shape index (κ3) is 2.32. The summed E-state index contributed by atoms with van der Waals surface area (Å²) >= 11 is 3.45. The Labute approximate surface area is 121 Å². The summed E-state index contributed by atoms with van der Waals surface area (Å²) in [5, 5.41) is 13.0. The van der Waals surface area contributed by atoms with Crippen molar-refractivity contribution in [1.29, 1.82) is 0 Å². The van der Waals surface area contributed by atoms with E-state index >= 15 is 0 Å². The maximum atomic E-state index is 11.7.